The third-order valence-electron chi connectivity index (χ3n) is 5.05. The van der Waals surface area contributed by atoms with Crippen LogP contribution in [0.1, 0.15) is 28.5 Å². The van der Waals surface area contributed by atoms with Crippen molar-refractivity contribution >= 4 is 16.7 Å². The van der Waals surface area contributed by atoms with E-state index < -0.39 is 0 Å². The largest absolute Gasteiger partial charge is 0.454 e. The minimum atomic E-state index is -0.238. The lowest BCUT2D eigenvalue weighted by Crippen LogP contribution is -2.35. The van der Waals surface area contributed by atoms with Gasteiger partial charge in [-0.15, -0.1) is 0 Å². The molecule has 0 saturated heterocycles. The van der Waals surface area contributed by atoms with Crippen molar-refractivity contribution in [1.29, 1.82) is 0 Å². The molecule has 2 heterocycles. The quantitative estimate of drug-likeness (QED) is 0.709. The maximum Gasteiger partial charge on any atom is 0.231 e. The molecule has 4 rings (SSSR count). The summed E-state index contributed by atoms with van der Waals surface area (Å²) < 4.78 is 10.8. The third-order valence-corrected chi connectivity index (χ3v) is 5.05. The van der Waals surface area contributed by atoms with E-state index in [4.69, 9.17) is 9.47 Å². The molecule has 0 aliphatic carbocycles. The molecule has 0 bridgehead atoms. The minimum Gasteiger partial charge on any atom is -0.454 e. The number of ketones is 1. The summed E-state index contributed by atoms with van der Waals surface area (Å²) in [6, 6.07) is 13.6. The number of hydrogen-bond acceptors (Lipinski definition) is 4. The second kappa shape index (κ2) is 6.50. The zero-order chi connectivity index (χ0) is 18.3. The molecular formula is C21H22N2O3. The number of Topliss-reactive ketones (excluding diaryl/α,β-unsaturated/α-hetero) is 1. The molecule has 0 amide bonds. The average Bonchev–Trinajstić information content (AvgIpc) is 3.23. The fourth-order valence-corrected chi connectivity index (χ4v) is 3.47. The number of aromatic nitrogens is 1. The molecule has 1 N–H and O–H groups in total. The molecule has 1 atom stereocenters. The van der Waals surface area contributed by atoms with Crippen molar-refractivity contribution in [2.75, 3.05) is 13.8 Å². The van der Waals surface area contributed by atoms with Crippen LogP contribution < -0.4 is 9.47 Å². The summed E-state index contributed by atoms with van der Waals surface area (Å²) in [6.45, 7) is 4.84. The molecule has 0 unspecified atom stereocenters. The monoisotopic (exact) mass is 350 g/mol. The summed E-state index contributed by atoms with van der Waals surface area (Å²) in [5.41, 5.74) is 3.79. The number of aryl methyl sites for hydroxylation is 1. The third kappa shape index (κ3) is 2.84. The lowest BCUT2D eigenvalue weighted by atomic mass is 10.0. The Kier molecular flexibility index (Phi) is 4.17. The van der Waals surface area contributed by atoms with Crippen LogP contribution in [0.5, 0.6) is 11.5 Å². The normalized spacial score (nSPS) is 14.2. The number of nitrogens with zero attached hydrogens (tertiary/aromatic N) is 1. The number of aromatic amines is 1. The number of hydrogen-bond donors (Lipinski definition) is 1. The highest BCUT2D eigenvalue weighted by molar-refractivity contribution is 6.11. The number of carbonyl (C=O) groups is 1. The molecule has 5 heteroatoms. The number of H-pyrrole nitrogens is 1. The second-order valence-corrected chi connectivity index (χ2v) is 6.81. The number of fused-ring (bicyclic) bond motifs is 2. The van der Waals surface area contributed by atoms with E-state index in [1.165, 1.54) is 0 Å². The van der Waals surface area contributed by atoms with Crippen LogP contribution in [-0.2, 0) is 6.54 Å². The fourth-order valence-electron chi connectivity index (χ4n) is 3.47. The van der Waals surface area contributed by atoms with Gasteiger partial charge in [0.2, 0.25) is 6.79 Å². The van der Waals surface area contributed by atoms with Gasteiger partial charge in [0.1, 0.15) is 0 Å². The molecule has 3 aromatic rings. The number of likely N-dealkylation sites (N-methyl/N-ethyl adjacent to an activating group) is 1. The van der Waals surface area contributed by atoms with Crippen LogP contribution in [0.4, 0.5) is 0 Å². The highest BCUT2D eigenvalue weighted by atomic mass is 16.7. The van der Waals surface area contributed by atoms with Crippen molar-refractivity contribution in [1.82, 2.24) is 9.88 Å². The second-order valence-electron chi connectivity index (χ2n) is 6.81. The highest BCUT2D eigenvalue weighted by Gasteiger charge is 2.25. The van der Waals surface area contributed by atoms with E-state index in [-0.39, 0.29) is 18.6 Å². The summed E-state index contributed by atoms with van der Waals surface area (Å²) in [4.78, 5) is 18.5. The van der Waals surface area contributed by atoms with Crippen LogP contribution in [0.15, 0.2) is 42.5 Å². The van der Waals surface area contributed by atoms with Crippen molar-refractivity contribution in [3.8, 4) is 11.5 Å². The van der Waals surface area contributed by atoms with Crippen molar-refractivity contribution < 1.29 is 14.3 Å². The van der Waals surface area contributed by atoms with Gasteiger partial charge >= 0.3 is 0 Å². The van der Waals surface area contributed by atoms with E-state index in [0.717, 1.165) is 39.2 Å². The van der Waals surface area contributed by atoms with Crippen LogP contribution in [0.25, 0.3) is 10.9 Å². The van der Waals surface area contributed by atoms with E-state index >= 15 is 0 Å². The number of para-hydroxylation sites is 1. The number of carbonyl (C=O) groups excluding carboxylic acids is 1. The molecule has 1 aliphatic heterocycles. The first kappa shape index (κ1) is 16.7. The van der Waals surface area contributed by atoms with E-state index in [1.807, 2.05) is 63.4 Å². The highest BCUT2D eigenvalue weighted by Crippen LogP contribution is 2.33. The predicted molar refractivity (Wildman–Crippen MR) is 101 cm³/mol. The summed E-state index contributed by atoms with van der Waals surface area (Å²) in [5, 5.41) is 0.985. The molecule has 2 aromatic carbocycles. The Hall–Kier alpha value is -2.79. The van der Waals surface area contributed by atoms with Crippen molar-refractivity contribution in [2.45, 2.75) is 26.4 Å². The Bertz CT molecular complexity index is 977. The number of ether oxygens (including phenoxy) is 2. The SMILES string of the molecule is Cc1[nH]c2ccccc2c1C(=O)[C@H](C)N(C)Cc1ccc2c(c1)OCO2. The Balaban J connectivity index is 1.55. The van der Waals surface area contributed by atoms with Crippen molar-refractivity contribution in [3.05, 3.63) is 59.3 Å². The summed E-state index contributed by atoms with van der Waals surface area (Å²) in [5.74, 6) is 1.67. The van der Waals surface area contributed by atoms with E-state index in [0.29, 0.717) is 6.54 Å². The van der Waals surface area contributed by atoms with Crippen LogP contribution in [0, 0.1) is 6.92 Å². The molecule has 0 radical (unpaired) electrons. The number of benzene rings is 2. The van der Waals surface area contributed by atoms with Gasteiger partial charge in [0.25, 0.3) is 0 Å². The predicted octanol–water partition coefficient (Wildman–Crippen LogP) is 3.91. The first-order valence-electron chi connectivity index (χ1n) is 8.75. The van der Waals surface area contributed by atoms with Gasteiger partial charge in [-0.25, -0.2) is 0 Å². The Morgan fingerprint density at radius 3 is 2.81 bits per heavy atom. The van der Waals surface area contributed by atoms with E-state index in [2.05, 4.69) is 9.88 Å². The van der Waals surface area contributed by atoms with Gasteiger partial charge in [-0.1, -0.05) is 24.3 Å². The number of nitrogens with one attached hydrogen (secondary N) is 1. The lowest BCUT2D eigenvalue weighted by Gasteiger charge is -2.24. The summed E-state index contributed by atoms with van der Waals surface area (Å²) >= 11 is 0. The van der Waals surface area contributed by atoms with Gasteiger partial charge in [-0.3, -0.25) is 9.69 Å². The van der Waals surface area contributed by atoms with Gasteiger partial charge in [-0.05, 0) is 44.7 Å². The first-order chi connectivity index (χ1) is 12.5. The van der Waals surface area contributed by atoms with Crippen molar-refractivity contribution in [3.63, 3.8) is 0 Å². The fraction of sp³-hybridized carbons (Fsp3) is 0.286. The van der Waals surface area contributed by atoms with Crippen LogP contribution in [0.2, 0.25) is 0 Å². The van der Waals surface area contributed by atoms with Gasteiger partial charge < -0.3 is 14.5 Å². The van der Waals surface area contributed by atoms with E-state index in [9.17, 15) is 4.79 Å². The van der Waals surface area contributed by atoms with Crippen LogP contribution in [0.3, 0.4) is 0 Å². The Labute approximate surface area is 152 Å². The molecule has 26 heavy (non-hydrogen) atoms. The smallest absolute Gasteiger partial charge is 0.231 e. The Morgan fingerprint density at radius 1 is 1.19 bits per heavy atom. The van der Waals surface area contributed by atoms with Gasteiger partial charge in [0.15, 0.2) is 17.3 Å². The van der Waals surface area contributed by atoms with Gasteiger partial charge in [-0.2, -0.15) is 0 Å². The maximum atomic E-state index is 13.2. The molecule has 134 valence electrons. The standard InChI is InChI=1S/C21H22N2O3/c1-13-20(16-6-4-5-7-17(16)22-13)21(24)14(2)23(3)11-15-8-9-18-19(10-15)26-12-25-18/h4-10,14,22H,11-12H2,1-3H3/t14-/m0/s1. The Morgan fingerprint density at radius 2 is 1.96 bits per heavy atom. The molecule has 0 saturated carbocycles. The van der Waals surface area contributed by atoms with E-state index in [1.54, 1.807) is 0 Å². The van der Waals surface area contributed by atoms with Crippen LogP contribution in [-0.4, -0.2) is 35.5 Å². The minimum absolute atomic E-state index is 0.128. The van der Waals surface area contributed by atoms with Gasteiger partial charge in [0, 0.05) is 28.7 Å². The van der Waals surface area contributed by atoms with Crippen molar-refractivity contribution in [2.24, 2.45) is 0 Å². The van der Waals surface area contributed by atoms with Gasteiger partial charge in [0.05, 0.1) is 6.04 Å². The molecule has 1 aliphatic rings. The van der Waals surface area contributed by atoms with Crippen LogP contribution >= 0.6 is 0 Å². The molecule has 0 fully saturated rings. The first-order valence-corrected chi connectivity index (χ1v) is 8.75. The zero-order valence-corrected chi connectivity index (χ0v) is 15.2. The lowest BCUT2D eigenvalue weighted by molar-refractivity contribution is 0.0863. The molecule has 5 nitrogen and oxygen atoms in total. The number of rotatable bonds is 5. The maximum absolute atomic E-state index is 13.2. The molecule has 1 aromatic heterocycles. The summed E-state index contributed by atoms with van der Waals surface area (Å²) in [7, 11) is 1.97. The topological polar surface area (TPSA) is 54.6 Å². The average molecular weight is 350 g/mol. The molecule has 0 spiro atoms. The summed E-state index contributed by atoms with van der Waals surface area (Å²) in [6.07, 6.45) is 0. The molecular weight excluding hydrogens is 328 g/mol. The zero-order valence-electron chi connectivity index (χ0n) is 15.2.